The Bertz CT molecular complexity index is 496. The number of hydrogen-bond acceptors (Lipinski definition) is 4. The second kappa shape index (κ2) is 6.72. The second-order valence-electron chi connectivity index (χ2n) is 5.51. The zero-order chi connectivity index (χ0) is 15.3. The van der Waals surface area contributed by atoms with Crippen LogP contribution in [0.4, 0.5) is 0 Å². The van der Waals surface area contributed by atoms with Gasteiger partial charge in [0.15, 0.2) is 0 Å². The molecule has 0 atom stereocenters. The smallest absolute Gasteiger partial charge is 0.325 e. The highest BCUT2D eigenvalue weighted by Crippen LogP contribution is 2.29. The number of rotatable bonds is 6. The van der Waals surface area contributed by atoms with E-state index in [0.717, 1.165) is 5.56 Å². The Hall–Kier alpha value is -1.88. The Balaban J connectivity index is 2.09. The Morgan fingerprint density at radius 3 is 2.48 bits per heavy atom. The van der Waals surface area contributed by atoms with Crippen molar-refractivity contribution in [1.82, 2.24) is 4.90 Å². The fraction of sp³-hybridized carbons (Fsp3) is 0.500. The van der Waals surface area contributed by atoms with E-state index in [9.17, 15) is 9.59 Å². The normalized spacial score (nSPS) is 15.9. The van der Waals surface area contributed by atoms with Crippen LogP contribution in [0.3, 0.4) is 0 Å². The van der Waals surface area contributed by atoms with Crippen molar-refractivity contribution in [2.45, 2.75) is 20.4 Å². The number of carbonyl (C=O) groups excluding carboxylic acids is 2. The maximum absolute atomic E-state index is 12.6. The lowest BCUT2D eigenvalue weighted by Crippen LogP contribution is -2.54. The van der Waals surface area contributed by atoms with Crippen LogP contribution in [0.1, 0.15) is 19.4 Å². The molecule has 21 heavy (non-hydrogen) atoms. The summed E-state index contributed by atoms with van der Waals surface area (Å²) in [5.74, 6) is -0.448. The van der Waals surface area contributed by atoms with Gasteiger partial charge >= 0.3 is 5.97 Å². The van der Waals surface area contributed by atoms with E-state index in [0.29, 0.717) is 26.4 Å². The molecule has 0 unspecified atom stereocenters. The van der Waals surface area contributed by atoms with E-state index in [1.54, 1.807) is 11.8 Å². The zero-order valence-electron chi connectivity index (χ0n) is 12.5. The number of amides is 1. The first-order valence-electron chi connectivity index (χ1n) is 7.12. The lowest BCUT2D eigenvalue weighted by Gasteiger charge is -2.40. The Morgan fingerprint density at radius 2 is 1.95 bits per heavy atom. The summed E-state index contributed by atoms with van der Waals surface area (Å²) in [6, 6.07) is 9.62. The van der Waals surface area contributed by atoms with Gasteiger partial charge in [-0.1, -0.05) is 30.3 Å². The van der Waals surface area contributed by atoms with Crippen LogP contribution in [-0.2, 0) is 25.6 Å². The molecule has 1 amide bonds. The molecule has 1 fully saturated rings. The molecule has 1 aliphatic heterocycles. The molecule has 5 heteroatoms. The zero-order valence-corrected chi connectivity index (χ0v) is 12.5. The highest BCUT2D eigenvalue weighted by molar-refractivity contribution is 5.87. The Kier molecular flexibility index (Phi) is 4.96. The first kappa shape index (κ1) is 15.5. The summed E-state index contributed by atoms with van der Waals surface area (Å²) in [6.07, 6.45) is 0. The molecular formula is C16H21NO4. The Labute approximate surface area is 124 Å². The highest BCUT2D eigenvalue weighted by atomic mass is 16.5. The molecule has 1 aromatic rings. The van der Waals surface area contributed by atoms with Crippen molar-refractivity contribution in [3.8, 4) is 0 Å². The van der Waals surface area contributed by atoms with Gasteiger partial charge in [-0.3, -0.25) is 9.59 Å². The first-order valence-corrected chi connectivity index (χ1v) is 7.12. The van der Waals surface area contributed by atoms with Gasteiger partial charge in [0.2, 0.25) is 5.91 Å². The van der Waals surface area contributed by atoms with Gasteiger partial charge in [-0.2, -0.15) is 0 Å². The number of benzene rings is 1. The van der Waals surface area contributed by atoms with Crippen LogP contribution in [0.25, 0.3) is 0 Å². The first-order chi connectivity index (χ1) is 10.0. The van der Waals surface area contributed by atoms with Crippen molar-refractivity contribution in [1.29, 1.82) is 0 Å². The third kappa shape index (κ3) is 3.82. The quantitative estimate of drug-likeness (QED) is 0.747. The van der Waals surface area contributed by atoms with Crippen LogP contribution in [0, 0.1) is 5.41 Å². The predicted octanol–water partition coefficient (Wildman–Crippen LogP) is 1.61. The van der Waals surface area contributed by atoms with Crippen molar-refractivity contribution in [2.24, 2.45) is 5.41 Å². The van der Waals surface area contributed by atoms with Crippen molar-refractivity contribution in [3.63, 3.8) is 0 Å². The van der Waals surface area contributed by atoms with Gasteiger partial charge in [0.1, 0.15) is 6.54 Å². The lowest BCUT2D eigenvalue weighted by molar-refractivity contribution is -0.172. The minimum atomic E-state index is -0.527. The average Bonchev–Trinajstić information content (AvgIpc) is 2.44. The summed E-state index contributed by atoms with van der Waals surface area (Å²) in [4.78, 5) is 25.9. The van der Waals surface area contributed by atoms with Crippen LogP contribution in [0.2, 0.25) is 0 Å². The van der Waals surface area contributed by atoms with Crippen molar-refractivity contribution in [3.05, 3.63) is 35.9 Å². The minimum Gasteiger partial charge on any atom is -0.465 e. The molecule has 0 bridgehead atoms. The third-order valence-corrected chi connectivity index (χ3v) is 3.49. The summed E-state index contributed by atoms with van der Waals surface area (Å²) >= 11 is 0. The minimum absolute atomic E-state index is 0.0306. The maximum atomic E-state index is 12.6. The maximum Gasteiger partial charge on any atom is 0.325 e. The second-order valence-corrected chi connectivity index (χ2v) is 5.51. The molecule has 0 N–H and O–H groups in total. The number of esters is 1. The van der Waals surface area contributed by atoms with Gasteiger partial charge in [-0.05, 0) is 19.4 Å². The standard InChI is InChI=1S/C16H21NO4/c1-3-21-14(18)10-17(9-13-7-5-4-6-8-13)15(19)16(2)11-20-12-16/h4-8H,3,9-12H2,1-2H3. The summed E-state index contributed by atoms with van der Waals surface area (Å²) in [5, 5.41) is 0. The van der Waals surface area contributed by atoms with Crippen LogP contribution < -0.4 is 0 Å². The summed E-state index contributed by atoms with van der Waals surface area (Å²) in [5.41, 5.74) is 0.459. The summed E-state index contributed by atoms with van der Waals surface area (Å²) in [7, 11) is 0. The van der Waals surface area contributed by atoms with Crippen LogP contribution >= 0.6 is 0 Å². The number of carbonyl (C=O) groups is 2. The molecule has 114 valence electrons. The van der Waals surface area contributed by atoms with E-state index in [4.69, 9.17) is 9.47 Å². The molecule has 1 aliphatic rings. The number of hydrogen-bond donors (Lipinski definition) is 0. The van der Waals surface area contributed by atoms with Gasteiger partial charge in [-0.25, -0.2) is 0 Å². The van der Waals surface area contributed by atoms with Crippen LogP contribution in [0.15, 0.2) is 30.3 Å². The van der Waals surface area contributed by atoms with Crippen molar-refractivity contribution in [2.75, 3.05) is 26.4 Å². The SMILES string of the molecule is CCOC(=O)CN(Cc1ccccc1)C(=O)C1(C)COC1. The molecule has 0 saturated carbocycles. The van der Waals surface area contributed by atoms with Crippen LogP contribution in [-0.4, -0.2) is 43.1 Å². The van der Waals surface area contributed by atoms with Gasteiger partial charge in [0.05, 0.1) is 25.2 Å². The molecule has 0 spiro atoms. The van der Waals surface area contributed by atoms with E-state index in [1.807, 2.05) is 37.3 Å². The van der Waals surface area contributed by atoms with Gasteiger partial charge in [-0.15, -0.1) is 0 Å². The van der Waals surface area contributed by atoms with Crippen molar-refractivity contribution >= 4 is 11.9 Å². The molecule has 1 heterocycles. The topological polar surface area (TPSA) is 55.8 Å². The highest BCUT2D eigenvalue weighted by Gasteiger charge is 2.44. The largest absolute Gasteiger partial charge is 0.465 e. The number of ether oxygens (including phenoxy) is 2. The number of nitrogens with zero attached hydrogens (tertiary/aromatic N) is 1. The predicted molar refractivity (Wildman–Crippen MR) is 77.4 cm³/mol. The summed E-state index contributed by atoms with van der Waals surface area (Å²) in [6.45, 7) is 5.10. The molecule has 0 aromatic heterocycles. The van der Waals surface area contributed by atoms with E-state index in [2.05, 4.69) is 0 Å². The van der Waals surface area contributed by atoms with Gasteiger partial charge in [0.25, 0.3) is 0 Å². The Morgan fingerprint density at radius 1 is 1.29 bits per heavy atom. The molecular weight excluding hydrogens is 270 g/mol. The molecule has 1 saturated heterocycles. The van der Waals surface area contributed by atoms with E-state index in [1.165, 1.54) is 0 Å². The van der Waals surface area contributed by atoms with E-state index >= 15 is 0 Å². The van der Waals surface area contributed by atoms with E-state index in [-0.39, 0.29) is 18.4 Å². The molecule has 0 radical (unpaired) electrons. The molecule has 1 aromatic carbocycles. The monoisotopic (exact) mass is 291 g/mol. The average molecular weight is 291 g/mol. The fourth-order valence-corrected chi connectivity index (χ4v) is 2.28. The molecule has 5 nitrogen and oxygen atoms in total. The fourth-order valence-electron chi connectivity index (χ4n) is 2.28. The van der Waals surface area contributed by atoms with E-state index < -0.39 is 5.41 Å². The summed E-state index contributed by atoms with van der Waals surface area (Å²) < 4.78 is 10.1. The van der Waals surface area contributed by atoms with Crippen molar-refractivity contribution < 1.29 is 19.1 Å². The molecule has 0 aliphatic carbocycles. The molecule has 2 rings (SSSR count). The van der Waals surface area contributed by atoms with Crippen LogP contribution in [0.5, 0.6) is 0 Å². The third-order valence-electron chi connectivity index (χ3n) is 3.49. The van der Waals surface area contributed by atoms with Gasteiger partial charge in [0, 0.05) is 6.54 Å². The van der Waals surface area contributed by atoms with Gasteiger partial charge < -0.3 is 14.4 Å². The lowest BCUT2D eigenvalue weighted by atomic mass is 9.86.